The summed E-state index contributed by atoms with van der Waals surface area (Å²) >= 11 is 0. The van der Waals surface area contributed by atoms with Gasteiger partial charge in [0.15, 0.2) is 11.6 Å². The number of carbonyl (C=O) groups excluding carboxylic acids is 1. The first-order chi connectivity index (χ1) is 12.9. The number of nitro groups is 1. The lowest BCUT2D eigenvalue weighted by molar-refractivity contribution is -0.385. The van der Waals surface area contributed by atoms with E-state index < -0.39 is 16.9 Å². The standard InChI is InChI=1S/C16H16N8O3/c1-9(21-16(17)18)12-5-4-10(7-13(12)24(26)27)15(25)22-23-14-11(8-20-23)3-2-6-19-14/h2-9H,1H3,(H,22,25)(H4,17,18,21). The Morgan fingerprint density at radius 1 is 1.37 bits per heavy atom. The van der Waals surface area contributed by atoms with Gasteiger partial charge in [0.1, 0.15) is 0 Å². The number of hydrogen-bond donors (Lipinski definition) is 3. The van der Waals surface area contributed by atoms with Crippen molar-refractivity contribution in [3.8, 4) is 0 Å². The molecule has 0 fully saturated rings. The minimum Gasteiger partial charge on any atom is -0.370 e. The first kappa shape index (κ1) is 17.8. The lowest BCUT2D eigenvalue weighted by Crippen LogP contribution is -2.24. The van der Waals surface area contributed by atoms with Crippen LogP contribution in [0.15, 0.2) is 47.7 Å². The smallest absolute Gasteiger partial charge is 0.275 e. The van der Waals surface area contributed by atoms with Gasteiger partial charge >= 0.3 is 0 Å². The number of carbonyl (C=O) groups is 1. The SMILES string of the molecule is CC(N=C(N)N)c1ccc(C(=O)Nn2ncc3cccnc32)cc1[N+](=O)[O-]. The molecule has 1 aromatic carbocycles. The van der Waals surface area contributed by atoms with E-state index in [0.29, 0.717) is 5.65 Å². The molecule has 3 rings (SSSR count). The summed E-state index contributed by atoms with van der Waals surface area (Å²) in [4.78, 5) is 32.6. The van der Waals surface area contributed by atoms with Crippen LogP contribution in [-0.2, 0) is 0 Å². The summed E-state index contributed by atoms with van der Waals surface area (Å²) in [5, 5.41) is 16.2. The van der Waals surface area contributed by atoms with E-state index >= 15 is 0 Å². The number of guanidine groups is 1. The van der Waals surface area contributed by atoms with E-state index in [-0.39, 0.29) is 22.8 Å². The number of nitrogens with one attached hydrogen (secondary N) is 1. The van der Waals surface area contributed by atoms with Crippen molar-refractivity contribution in [3.63, 3.8) is 0 Å². The maximum absolute atomic E-state index is 12.5. The number of benzene rings is 1. The highest BCUT2D eigenvalue weighted by atomic mass is 16.6. The molecule has 0 aliphatic rings. The number of nitrogens with two attached hydrogens (primary N) is 2. The number of nitrogens with zero attached hydrogens (tertiary/aromatic N) is 5. The van der Waals surface area contributed by atoms with Crippen molar-refractivity contribution in [1.82, 2.24) is 14.9 Å². The predicted octanol–water partition coefficient (Wildman–Crippen LogP) is 1.06. The molecular formula is C16H16N8O3. The van der Waals surface area contributed by atoms with Crippen LogP contribution in [0, 0.1) is 10.1 Å². The Kier molecular flexibility index (Phi) is 4.66. The van der Waals surface area contributed by atoms with Crippen molar-refractivity contribution < 1.29 is 9.72 Å². The summed E-state index contributed by atoms with van der Waals surface area (Å²) in [5.74, 6) is -0.758. The average Bonchev–Trinajstić information content (AvgIpc) is 3.03. The number of rotatable bonds is 5. The minimum absolute atomic E-state index is 0.0851. The van der Waals surface area contributed by atoms with Crippen LogP contribution in [0.1, 0.15) is 28.9 Å². The Morgan fingerprint density at radius 3 is 2.85 bits per heavy atom. The first-order valence-corrected chi connectivity index (χ1v) is 7.84. The topological polar surface area (TPSA) is 167 Å². The second-order valence-corrected chi connectivity index (χ2v) is 5.67. The largest absolute Gasteiger partial charge is 0.370 e. The fraction of sp³-hybridized carbons (Fsp3) is 0.125. The van der Waals surface area contributed by atoms with Gasteiger partial charge in [0.05, 0.1) is 22.7 Å². The highest BCUT2D eigenvalue weighted by Crippen LogP contribution is 2.28. The van der Waals surface area contributed by atoms with Crippen molar-refractivity contribution >= 4 is 28.6 Å². The molecular weight excluding hydrogens is 352 g/mol. The molecule has 1 atom stereocenters. The third kappa shape index (κ3) is 3.66. The summed E-state index contributed by atoms with van der Waals surface area (Å²) in [6.07, 6.45) is 3.11. The van der Waals surface area contributed by atoms with Crippen molar-refractivity contribution in [2.24, 2.45) is 16.5 Å². The van der Waals surface area contributed by atoms with Crippen LogP contribution in [0.3, 0.4) is 0 Å². The molecule has 0 aliphatic carbocycles. The minimum atomic E-state index is -0.633. The Balaban J connectivity index is 1.92. The zero-order valence-corrected chi connectivity index (χ0v) is 14.2. The van der Waals surface area contributed by atoms with Crippen LogP contribution in [0.2, 0.25) is 0 Å². The lowest BCUT2D eigenvalue weighted by atomic mass is 10.0. The van der Waals surface area contributed by atoms with Gasteiger partial charge in [0.25, 0.3) is 11.6 Å². The highest BCUT2D eigenvalue weighted by molar-refractivity contribution is 6.01. The van der Waals surface area contributed by atoms with Crippen LogP contribution in [0.4, 0.5) is 5.69 Å². The summed E-state index contributed by atoms with van der Waals surface area (Å²) in [7, 11) is 0. The average molecular weight is 368 g/mol. The Labute approximate surface area is 152 Å². The van der Waals surface area contributed by atoms with Gasteiger partial charge in [-0.3, -0.25) is 14.9 Å². The molecule has 11 heteroatoms. The molecule has 11 nitrogen and oxygen atoms in total. The summed E-state index contributed by atoms with van der Waals surface area (Å²) < 4.78 is 0. The zero-order valence-electron chi connectivity index (χ0n) is 14.2. The van der Waals surface area contributed by atoms with Crippen LogP contribution in [-0.4, -0.2) is 31.7 Å². The molecule has 27 heavy (non-hydrogen) atoms. The second kappa shape index (κ2) is 7.07. The van der Waals surface area contributed by atoms with Crippen LogP contribution < -0.4 is 16.9 Å². The molecule has 0 radical (unpaired) electrons. The Bertz CT molecular complexity index is 1050. The van der Waals surface area contributed by atoms with E-state index in [1.54, 1.807) is 31.5 Å². The maximum Gasteiger partial charge on any atom is 0.275 e. The number of hydrogen-bond acceptors (Lipinski definition) is 6. The number of aliphatic imine (C=N–C) groups is 1. The van der Waals surface area contributed by atoms with E-state index in [1.165, 1.54) is 23.0 Å². The van der Waals surface area contributed by atoms with Crippen LogP contribution >= 0.6 is 0 Å². The number of amides is 1. The molecule has 138 valence electrons. The van der Waals surface area contributed by atoms with E-state index in [1.807, 2.05) is 0 Å². The fourth-order valence-corrected chi connectivity index (χ4v) is 2.59. The second-order valence-electron chi connectivity index (χ2n) is 5.67. The molecule has 1 unspecified atom stereocenters. The first-order valence-electron chi connectivity index (χ1n) is 7.84. The zero-order chi connectivity index (χ0) is 19.6. The lowest BCUT2D eigenvalue weighted by Gasteiger charge is -2.10. The molecule has 1 amide bonds. The molecule has 5 N–H and O–H groups in total. The predicted molar refractivity (Wildman–Crippen MR) is 98.5 cm³/mol. The van der Waals surface area contributed by atoms with E-state index in [9.17, 15) is 14.9 Å². The number of nitro benzene ring substituents is 1. The monoisotopic (exact) mass is 368 g/mol. The number of fused-ring (bicyclic) bond motifs is 1. The highest BCUT2D eigenvalue weighted by Gasteiger charge is 2.22. The van der Waals surface area contributed by atoms with Gasteiger partial charge < -0.3 is 11.5 Å². The van der Waals surface area contributed by atoms with E-state index in [4.69, 9.17) is 11.5 Å². The summed E-state index contributed by atoms with van der Waals surface area (Å²) in [6, 6.07) is 6.98. The van der Waals surface area contributed by atoms with Gasteiger partial charge in [-0.2, -0.15) is 9.89 Å². The van der Waals surface area contributed by atoms with Gasteiger partial charge in [-0.15, -0.1) is 0 Å². The van der Waals surface area contributed by atoms with Crippen molar-refractivity contribution in [2.45, 2.75) is 13.0 Å². The molecule has 3 aromatic rings. The van der Waals surface area contributed by atoms with Gasteiger partial charge in [0.2, 0.25) is 0 Å². The Morgan fingerprint density at radius 2 is 2.15 bits per heavy atom. The van der Waals surface area contributed by atoms with Crippen molar-refractivity contribution in [2.75, 3.05) is 5.43 Å². The molecule has 0 bridgehead atoms. The third-order valence-corrected chi connectivity index (χ3v) is 3.82. The molecule has 0 aliphatic heterocycles. The third-order valence-electron chi connectivity index (χ3n) is 3.82. The molecule has 2 aromatic heterocycles. The van der Waals surface area contributed by atoms with Gasteiger partial charge in [-0.25, -0.2) is 15.4 Å². The normalized spacial score (nSPS) is 11.7. The van der Waals surface area contributed by atoms with Gasteiger partial charge in [0, 0.05) is 23.2 Å². The fourth-order valence-electron chi connectivity index (χ4n) is 2.59. The van der Waals surface area contributed by atoms with Gasteiger partial charge in [-0.1, -0.05) is 0 Å². The summed E-state index contributed by atoms with van der Waals surface area (Å²) in [6.45, 7) is 1.61. The van der Waals surface area contributed by atoms with Crippen molar-refractivity contribution in [1.29, 1.82) is 0 Å². The number of pyridine rings is 1. The molecule has 0 spiro atoms. The van der Waals surface area contributed by atoms with Crippen LogP contribution in [0.5, 0.6) is 0 Å². The molecule has 0 saturated heterocycles. The molecule has 2 heterocycles. The molecule has 0 saturated carbocycles. The quantitative estimate of drug-likeness (QED) is 0.262. The van der Waals surface area contributed by atoms with E-state index in [2.05, 4.69) is 20.5 Å². The van der Waals surface area contributed by atoms with Crippen LogP contribution in [0.25, 0.3) is 11.0 Å². The number of aromatic nitrogens is 3. The van der Waals surface area contributed by atoms with Gasteiger partial charge in [-0.05, 0) is 31.2 Å². The van der Waals surface area contributed by atoms with E-state index in [0.717, 1.165) is 5.39 Å². The van der Waals surface area contributed by atoms with Crippen molar-refractivity contribution in [3.05, 3.63) is 64.0 Å². The summed E-state index contributed by atoms with van der Waals surface area (Å²) in [5.41, 5.74) is 13.8. The maximum atomic E-state index is 12.5. The Hall–Kier alpha value is -4.02.